The molecule has 8 aliphatic rings. The maximum absolute atomic E-state index is 13.0. The minimum Gasteiger partial charge on any atom is -0.380 e. The maximum atomic E-state index is 13.0. The molecule has 8 fully saturated rings. The molecule has 274 valence electrons. The SMILES string of the molecule is CCc1ccc2cc(C(=O)C[C@@H]3C4CCN(CC4)C34CC4)sc2c1.COCc1ccc2ccsc2c1.Cl.N[C@@H]1C2CCN(CC2)C12CC2.O=C=O. The van der Waals surface area contributed by atoms with Gasteiger partial charge in [-0.1, -0.05) is 31.2 Å². The van der Waals surface area contributed by atoms with E-state index in [1.165, 1.54) is 109 Å². The lowest BCUT2D eigenvalue weighted by Crippen LogP contribution is -2.63. The molecule has 4 aromatic rings. The highest BCUT2D eigenvalue weighted by Crippen LogP contribution is 2.58. The molecule has 10 heteroatoms. The molecule has 8 heterocycles. The van der Waals surface area contributed by atoms with Crippen LogP contribution in [-0.2, 0) is 27.4 Å². The second-order valence-corrected chi connectivity index (χ2v) is 17.3. The van der Waals surface area contributed by atoms with Gasteiger partial charge >= 0.3 is 6.15 Å². The standard InChI is InChI=1S/C21H25NOS.C10H10OS.C9H16N2.CO2.ClH/c1-2-14-3-4-16-12-20(24-19(16)11-14)18(23)13-17-15-5-9-22(10-6-15)21(17)7-8-21;1-11-7-8-2-3-9-4-5-12-10(9)6-8;10-8-7-1-5-11(6-2-7)9(8)3-4-9;2-1-3;/h3-4,11-12,15,17H,2,5-10,13H2,1H3;2-6H,7H2,1H3;7-8H,1-6,10H2;;1H/t17-;;8-;;/m1.1../s1. The Labute approximate surface area is 316 Å². The Kier molecular flexibility index (Phi) is 12.2. The summed E-state index contributed by atoms with van der Waals surface area (Å²) in [6.07, 6.45) is 12.8. The van der Waals surface area contributed by atoms with Gasteiger partial charge in [0, 0.05) is 40.1 Å². The van der Waals surface area contributed by atoms with Gasteiger partial charge in [0.1, 0.15) is 0 Å². The quantitative estimate of drug-likeness (QED) is 0.198. The van der Waals surface area contributed by atoms with Crippen LogP contribution >= 0.6 is 35.1 Å². The van der Waals surface area contributed by atoms with Crippen molar-refractivity contribution in [2.45, 2.75) is 94.9 Å². The molecule has 6 saturated heterocycles. The molecule has 0 amide bonds. The van der Waals surface area contributed by atoms with Gasteiger partial charge < -0.3 is 10.5 Å². The van der Waals surface area contributed by atoms with Crippen LogP contribution in [0.15, 0.2) is 53.9 Å². The predicted molar refractivity (Wildman–Crippen MR) is 209 cm³/mol. The van der Waals surface area contributed by atoms with Crippen LogP contribution in [0.3, 0.4) is 0 Å². The number of nitrogens with zero attached hydrogens (tertiary/aromatic N) is 2. The number of benzene rings is 2. The van der Waals surface area contributed by atoms with E-state index < -0.39 is 0 Å². The molecule has 2 aromatic carbocycles. The topological polar surface area (TPSA) is 92.9 Å². The average Bonchev–Trinajstić information content (AvgIpc) is 4.02. The van der Waals surface area contributed by atoms with Crippen molar-refractivity contribution in [2.75, 3.05) is 33.3 Å². The number of hydrogen-bond acceptors (Lipinski definition) is 9. The molecule has 2 atom stereocenters. The number of carbonyl (C=O) groups is 1. The molecule has 7 nitrogen and oxygen atoms in total. The first-order chi connectivity index (χ1) is 24.3. The number of thiophene rings is 2. The van der Waals surface area contributed by atoms with Crippen molar-refractivity contribution in [1.29, 1.82) is 0 Å². The van der Waals surface area contributed by atoms with Crippen molar-refractivity contribution in [1.82, 2.24) is 9.80 Å². The van der Waals surface area contributed by atoms with Crippen LogP contribution in [0.1, 0.15) is 85.5 Å². The van der Waals surface area contributed by atoms with Gasteiger partial charge in [0.2, 0.25) is 0 Å². The second kappa shape index (κ2) is 16.3. The summed E-state index contributed by atoms with van der Waals surface area (Å²) >= 11 is 3.47. The molecular formula is C41H52ClN3O4S2. The third-order valence-electron chi connectivity index (χ3n) is 12.8. The Morgan fingerprint density at radius 3 is 2.02 bits per heavy atom. The fourth-order valence-corrected chi connectivity index (χ4v) is 11.6. The molecule has 51 heavy (non-hydrogen) atoms. The number of ketones is 1. The predicted octanol–water partition coefficient (Wildman–Crippen LogP) is 8.37. The fourth-order valence-electron chi connectivity index (χ4n) is 9.71. The van der Waals surface area contributed by atoms with E-state index in [2.05, 4.69) is 70.6 Å². The minimum absolute atomic E-state index is 0. The number of ether oxygens (including phenoxy) is 1. The molecule has 2 aliphatic carbocycles. The van der Waals surface area contributed by atoms with Crippen LogP contribution < -0.4 is 5.73 Å². The van der Waals surface area contributed by atoms with Crippen molar-refractivity contribution in [3.8, 4) is 0 Å². The van der Waals surface area contributed by atoms with Crippen LogP contribution in [0.2, 0.25) is 0 Å². The largest absolute Gasteiger partial charge is 0.380 e. The van der Waals surface area contributed by atoms with E-state index in [9.17, 15) is 4.79 Å². The van der Waals surface area contributed by atoms with E-state index in [1.807, 2.05) is 0 Å². The third kappa shape index (κ3) is 7.78. The number of nitrogens with two attached hydrogens (primary N) is 1. The zero-order valence-electron chi connectivity index (χ0n) is 29.9. The first-order valence-electron chi connectivity index (χ1n) is 18.6. The summed E-state index contributed by atoms with van der Waals surface area (Å²) in [6, 6.07) is 17.8. The smallest absolute Gasteiger partial charge is 0.373 e. The molecule has 2 saturated carbocycles. The van der Waals surface area contributed by atoms with Gasteiger partial charge in [-0.25, -0.2) is 0 Å². The van der Waals surface area contributed by atoms with Gasteiger partial charge in [0.05, 0.1) is 11.5 Å². The first-order valence-corrected chi connectivity index (χ1v) is 20.3. The van der Waals surface area contributed by atoms with Crippen LogP contribution in [-0.4, -0.2) is 72.1 Å². The molecule has 2 aromatic heterocycles. The summed E-state index contributed by atoms with van der Waals surface area (Å²) in [4.78, 5) is 35.6. The van der Waals surface area contributed by atoms with E-state index in [-0.39, 0.29) is 18.6 Å². The number of carbonyl (C=O) groups excluding carboxylic acids is 3. The first kappa shape index (κ1) is 38.3. The monoisotopic (exact) mass is 749 g/mol. The van der Waals surface area contributed by atoms with Gasteiger partial charge in [-0.15, -0.1) is 35.1 Å². The number of fused-ring (bicyclic) bond motifs is 6. The van der Waals surface area contributed by atoms with E-state index >= 15 is 0 Å². The van der Waals surface area contributed by atoms with Gasteiger partial charge in [0.15, 0.2) is 5.78 Å². The molecule has 2 N–H and O–H groups in total. The molecule has 12 rings (SSSR count). The van der Waals surface area contributed by atoms with Crippen molar-refractivity contribution >= 4 is 67.2 Å². The Balaban J connectivity index is 0.000000139. The lowest BCUT2D eigenvalue weighted by Gasteiger charge is -2.52. The van der Waals surface area contributed by atoms with Gasteiger partial charge in [-0.2, -0.15) is 9.59 Å². The Morgan fingerprint density at radius 1 is 0.843 bits per heavy atom. The van der Waals surface area contributed by atoms with Crippen molar-refractivity contribution in [3.63, 3.8) is 0 Å². The lowest BCUT2D eigenvalue weighted by molar-refractivity contribution is -0.191. The maximum Gasteiger partial charge on any atom is 0.373 e. The summed E-state index contributed by atoms with van der Waals surface area (Å²) < 4.78 is 7.67. The summed E-state index contributed by atoms with van der Waals surface area (Å²) in [5.74, 6) is 2.66. The molecular weight excluding hydrogens is 698 g/mol. The number of halogens is 1. The fraction of sp³-hybridized carbons (Fsp3) is 0.561. The molecule has 2 spiro atoms. The Morgan fingerprint density at radius 2 is 1.43 bits per heavy atom. The Hall–Kier alpha value is -2.46. The van der Waals surface area contributed by atoms with Crippen LogP contribution in [0.4, 0.5) is 0 Å². The normalized spacial score (nSPS) is 28.0. The summed E-state index contributed by atoms with van der Waals surface area (Å²) in [5, 5.41) is 4.66. The van der Waals surface area contributed by atoms with Gasteiger partial charge in [-0.3, -0.25) is 14.6 Å². The minimum atomic E-state index is 0. The Bertz CT molecular complexity index is 1820. The van der Waals surface area contributed by atoms with Crippen molar-refractivity contribution in [2.24, 2.45) is 23.5 Å². The van der Waals surface area contributed by atoms with E-state index in [4.69, 9.17) is 20.1 Å². The zero-order chi connectivity index (χ0) is 34.9. The second-order valence-electron chi connectivity index (χ2n) is 15.3. The van der Waals surface area contributed by atoms with Crippen molar-refractivity contribution in [3.05, 3.63) is 69.9 Å². The average molecular weight is 750 g/mol. The number of rotatable bonds is 6. The zero-order valence-corrected chi connectivity index (χ0v) is 32.4. The third-order valence-corrected chi connectivity index (χ3v) is 14.8. The van der Waals surface area contributed by atoms with Gasteiger partial charge in [0.25, 0.3) is 0 Å². The number of piperidine rings is 6. The highest BCUT2D eigenvalue weighted by Gasteiger charge is 2.60. The number of hydrogen-bond donors (Lipinski definition) is 1. The van der Waals surface area contributed by atoms with Crippen molar-refractivity contribution < 1.29 is 19.1 Å². The molecule has 0 unspecified atom stereocenters. The van der Waals surface area contributed by atoms with Gasteiger partial charge in [-0.05, 0) is 153 Å². The summed E-state index contributed by atoms with van der Waals surface area (Å²) in [7, 11) is 1.72. The highest BCUT2D eigenvalue weighted by atomic mass is 35.5. The molecule has 6 aliphatic heterocycles. The number of methoxy groups -OCH3 is 1. The van der Waals surface area contributed by atoms with Crippen LogP contribution in [0, 0.1) is 17.8 Å². The molecule has 0 radical (unpaired) electrons. The van der Waals surface area contributed by atoms with E-state index in [0.29, 0.717) is 35.4 Å². The molecule has 4 bridgehead atoms. The van der Waals surface area contributed by atoms with Crippen LogP contribution in [0.5, 0.6) is 0 Å². The number of aryl methyl sites for hydroxylation is 1. The van der Waals surface area contributed by atoms with E-state index in [1.54, 1.807) is 29.8 Å². The highest BCUT2D eigenvalue weighted by molar-refractivity contribution is 7.20. The lowest BCUT2D eigenvalue weighted by atomic mass is 9.70. The summed E-state index contributed by atoms with van der Waals surface area (Å²) in [5.41, 5.74) is 9.76. The number of Topliss-reactive ketones (excluding diaryl/α,β-unsaturated/α-hetero) is 1. The summed E-state index contributed by atoms with van der Waals surface area (Å²) in [6.45, 7) is 8.10. The van der Waals surface area contributed by atoms with E-state index in [0.717, 1.165) is 29.6 Å². The van der Waals surface area contributed by atoms with Crippen LogP contribution in [0.25, 0.3) is 20.2 Å².